The van der Waals surface area contributed by atoms with Gasteiger partial charge in [0.1, 0.15) is 6.54 Å². The Morgan fingerprint density at radius 2 is 1.93 bits per heavy atom. The van der Waals surface area contributed by atoms with Crippen molar-refractivity contribution in [3.05, 3.63) is 76.0 Å². The number of fused-ring (bicyclic) bond motifs is 1. The van der Waals surface area contributed by atoms with Crippen molar-refractivity contribution < 1.29 is 4.79 Å². The summed E-state index contributed by atoms with van der Waals surface area (Å²) < 4.78 is 1.06. The summed E-state index contributed by atoms with van der Waals surface area (Å²) in [6, 6.07) is 18.3. The number of hydrogen-bond donors (Lipinski definition) is 1. The minimum atomic E-state index is -0.383. The van der Waals surface area contributed by atoms with Crippen LogP contribution in [0.3, 0.4) is 0 Å². The molecule has 2 aromatic carbocycles. The molecule has 134 valence electrons. The average molecular weight is 397 g/mol. The number of rotatable bonds is 4. The number of thiophene rings is 1. The number of nitrogens with zero attached hydrogens (tertiary/aromatic N) is 3. The standard InChI is InChI=1S/C19H13ClN4O2S/c20-13-7-4-8-14(9-13)21-17(25)11-24-19(26)15-10-16(27-18(15)22-23-24)12-5-2-1-3-6-12/h1-10H,11H2,(H,21,25). The molecule has 6 nitrogen and oxygen atoms in total. The van der Waals surface area contributed by atoms with Crippen molar-refractivity contribution in [1.29, 1.82) is 0 Å². The SMILES string of the molecule is O=C(Cn1nnc2sc(-c3ccccc3)cc2c1=O)Nc1cccc(Cl)c1. The Labute approximate surface area is 163 Å². The van der Waals surface area contributed by atoms with E-state index in [4.69, 9.17) is 11.6 Å². The van der Waals surface area contributed by atoms with E-state index in [-0.39, 0.29) is 18.0 Å². The molecule has 0 aliphatic heterocycles. The van der Waals surface area contributed by atoms with Crippen molar-refractivity contribution in [3.63, 3.8) is 0 Å². The Morgan fingerprint density at radius 1 is 1.11 bits per heavy atom. The van der Waals surface area contributed by atoms with Crippen LogP contribution in [0.15, 0.2) is 65.5 Å². The van der Waals surface area contributed by atoms with E-state index < -0.39 is 0 Å². The molecule has 0 saturated carbocycles. The first-order chi connectivity index (χ1) is 13.1. The summed E-state index contributed by atoms with van der Waals surface area (Å²) in [6.07, 6.45) is 0. The number of carbonyl (C=O) groups excluding carboxylic acids is 1. The molecule has 1 amide bonds. The van der Waals surface area contributed by atoms with E-state index in [0.29, 0.717) is 20.9 Å². The maximum atomic E-state index is 12.7. The van der Waals surface area contributed by atoms with Gasteiger partial charge in [0.25, 0.3) is 5.56 Å². The lowest BCUT2D eigenvalue weighted by atomic mass is 10.2. The average Bonchev–Trinajstić information content (AvgIpc) is 3.10. The lowest BCUT2D eigenvalue weighted by molar-refractivity contribution is -0.117. The van der Waals surface area contributed by atoms with E-state index in [1.54, 1.807) is 30.3 Å². The Bertz CT molecular complexity index is 1190. The lowest BCUT2D eigenvalue weighted by Crippen LogP contribution is -2.30. The normalized spacial score (nSPS) is 10.9. The summed E-state index contributed by atoms with van der Waals surface area (Å²) in [5.41, 5.74) is 1.21. The highest BCUT2D eigenvalue weighted by Gasteiger charge is 2.13. The van der Waals surface area contributed by atoms with E-state index in [2.05, 4.69) is 15.6 Å². The molecule has 2 heterocycles. The predicted molar refractivity (Wildman–Crippen MR) is 107 cm³/mol. The maximum Gasteiger partial charge on any atom is 0.279 e. The Morgan fingerprint density at radius 3 is 2.70 bits per heavy atom. The van der Waals surface area contributed by atoms with E-state index in [1.807, 2.05) is 30.3 Å². The number of hydrogen-bond acceptors (Lipinski definition) is 5. The first-order valence-electron chi connectivity index (χ1n) is 8.08. The molecule has 0 bridgehead atoms. The molecule has 0 aliphatic rings. The minimum absolute atomic E-state index is 0.231. The fraction of sp³-hybridized carbons (Fsp3) is 0.0526. The molecule has 0 atom stereocenters. The van der Waals surface area contributed by atoms with Crippen LogP contribution in [-0.4, -0.2) is 20.9 Å². The van der Waals surface area contributed by atoms with Crippen molar-refractivity contribution in [3.8, 4) is 10.4 Å². The van der Waals surface area contributed by atoms with Gasteiger partial charge in [0, 0.05) is 15.6 Å². The number of benzene rings is 2. The summed E-state index contributed by atoms with van der Waals surface area (Å²) in [5.74, 6) is -0.383. The first kappa shape index (κ1) is 17.4. The number of halogens is 1. The topological polar surface area (TPSA) is 76.9 Å². The molecule has 0 radical (unpaired) electrons. The van der Waals surface area contributed by atoms with E-state index >= 15 is 0 Å². The minimum Gasteiger partial charge on any atom is -0.324 e. The second-order valence-electron chi connectivity index (χ2n) is 5.81. The second-order valence-corrected chi connectivity index (χ2v) is 7.27. The Balaban J connectivity index is 1.60. The van der Waals surface area contributed by atoms with Crippen LogP contribution in [0.25, 0.3) is 20.7 Å². The lowest BCUT2D eigenvalue weighted by Gasteiger charge is -2.06. The number of nitrogens with one attached hydrogen (secondary N) is 1. The van der Waals surface area contributed by atoms with E-state index in [1.165, 1.54) is 11.3 Å². The molecule has 4 aromatic rings. The summed E-state index contributed by atoms with van der Waals surface area (Å²) in [7, 11) is 0. The molecule has 0 aliphatic carbocycles. The van der Waals surface area contributed by atoms with Gasteiger partial charge < -0.3 is 5.32 Å². The van der Waals surface area contributed by atoms with Gasteiger partial charge >= 0.3 is 0 Å². The monoisotopic (exact) mass is 396 g/mol. The third-order valence-corrected chi connectivity index (χ3v) is 5.18. The molecule has 1 N–H and O–H groups in total. The van der Waals surface area contributed by atoms with Crippen LogP contribution in [0, 0.1) is 0 Å². The van der Waals surface area contributed by atoms with E-state index in [0.717, 1.165) is 15.1 Å². The van der Waals surface area contributed by atoms with Crippen LogP contribution in [0.4, 0.5) is 5.69 Å². The van der Waals surface area contributed by atoms with Crippen molar-refractivity contribution >= 4 is 44.7 Å². The summed E-state index contributed by atoms with van der Waals surface area (Å²) >= 11 is 7.30. The van der Waals surface area contributed by atoms with Gasteiger partial charge in [-0.05, 0) is 29.8 Å². The highest BCUT2D eigenvalue weighted by atomic mass is 35.5. The zero-order chi connectivity index (χ0) is 18.8. The van der Waals surface area contributed by atoms with Crippen molar-refractivity contribution in [1.82, 2.24) is 15.0 Å². The third-order valence-electron chi connectivity index (χ3n) is 3.88. The second kappa shape index (κ2) is 7.30. The van der Waals surface area contributed by atoms with Gasteiger partial charge in [0.05, 0.1) is 5.39 Å². The van der Waals surface area contributed by atoms with Crippen molar-refractivity contribution in [2.45, 2.75) is 6.54 Å². The molecule has 0 unspecified atom stereocenters. The van der Waals surface area contributed by atoms with Crippen LogP contribution in [0.2, 0.25) is 5.02 Å². The Kier molecular flexibility index (Phi) is 4.70. The van der Waals surface area contributed by atoms with Gasteiger partial charge in [-0.15, -0.1) is 16.4 Å². The molecule has 2 aromatic heterocycles. The Hall–Kier alpha value is -3.03. The predicted octanol–water partition coefficient (Wildman–Crippen LogP) is 3.81. The van der Waals surface area contributed by atoms with Gasteiger partial charge in [-0.2, -0.15) is 0 Å². The molecule has 0 fully saturated rings. The van der Waals surface area contributed by atoms with Crippen LogP contribution < -0.4 is 10.9 Å². The van der Waals surface area contributed by atoms with Gasteiger partial charge in [-0.3, -0.25) is 9.59 Å². The highest BCUT2D eigenvalue weighted by Crippen LogP contribution is 2.30. The number of amides is 1. The highest BCUT2D eigenvalue weighted by molar-refractivity contribution is 7.21. The van der Waals surface area contributed by atoms with Crippen molar-refractivity contribution in [2.75, 3.05) is 5.32 Å². The molecule has 27 heavy (non-hydrogen) atoms. The fourth-order valence-corrected chi connectivity index (χ4v) is 3.80. The molecular weight excluding hydrogens is 384 g/mol. The van der Waals surface area contributed by atoms with Crippen LogP contribution in [-0.2, 0) is 11.3 Å². The summed E-state index contributed by atoms with van der Waals surface area (Å²) in [6.45, 7) is -0.231. The summed E-state index contributed by atoms with van der Waals surface area (Å²) in [5, 5.41) is 11.6. The smallest absolute Gasteiger partial charge is 0.279 e. The fourth-order valence-electron chi connectivity index (χ4n) is 2.63. The van der Waals surface area contributed by atoms with Gasteiger partial charge in [-0.1, -0.05) is 53.2 Å². The number of carbonyl (C=O) groups is 1. The molecule has 4 rings (SSSR count). The first-order valence-corrected chi connectivity index (χ1v) is 9.28. The quantitative estimate of drug-likeness (QED) is 0.569. The van der Waals surface area contributed by atoms with Gasteiger partial charge in [0.15, 0.2) is 4.83 Å². The van der Waals surface area contributed by atoms with Crippen LogP contribution in [0.5, 0.6) is 0 Å². The molecular formula is C19H13ClN4O2S. The molecule has 0 saturated heterocycles. The van der Waals surface area contributed by atoms with Crippen molar-refractivity contribution in [2.24, 2.45) is 0 Å². The molecule has 0 spiro atoms. The van der Waals surface area contributed by atoms with Gasteiger partial charge in [0.2, 0.25) is 5.91 Å². The number of anilines is 1. The van der Waals surface area contributed by atoms with Crippen LogP contribution >= 0.6 is 22.9 Å². The van der Waals surface area contributed by atoms with E-state index in [9.17, 15) is 9.59 Å². The zero-order valence-corrected chi connectivity index (χ0v) is 15.5. The number of aromatic nitrogens is 3. The maximum absolute atomic E-state index is 12.7. The molecule has 8 heteroatoms. The summed E-state index contributed by atoms with van der Waals surface area (Å²) in [4.78, 5) is 26.4. The van der Waals surface area contributed by atoms with Crippen LogP contribution in [0.1, 0.15) is 0 Å². The zero-order valence-electron chi connectivity index (χ0n) is 13.9. The third kappa shape index (κ3) is 3.74. The largest absolute Gasteiger partial charge is 0.324 e. The van der Waals surface area contributed by atoms with Gasteiger partial charge in [-0.25, -0.2) is 4.68 Å².